The van der Waals surface area contributed by atoms with Crippen LogP contribution in [0.15, 0.2) is 30.3 Å². The minimum atomic E-state index is -1.50. The van der Waals surface area contributed by atoms with Gasteiger partial charge in [0.2, 0.25) is 4.52 Å². The van der Waals surface area contributed by atoms with Crippen LogP contribution in [-0.2, 0) is 11.3 Å². The van der Waals surface area contributed by atoms with Crippen molar-refractivity contribution in [3.05, 3.63) is 35.9 Å². The lowest BCUT2D eigenvalue weighted by Gasteiger charge is -2.16. The van der Waals surface area contributed by atoms with Gasteiger partial charge in [-0.2, -0.15) is 0 Å². The van der Waals surface area contributed by atoms with Crippen molar-refractivity contribution in [3.8, 4) is 0 Å². The van der Waals surface area contributed by atoms with Crippen LogP contribution >= 0.6 is 23.2 Å². The zero-order valence-corrected chi connectivity index (χ0v) is 8.42. The first kappa shape index (κ1) is 10.8. The SMILES string of the molecule is OCC(Cl)(Cl)OCc1ccccc1. The molecule has 0 amide bonds. The zero-order chi connectivity index (χ0) is 9.73. The van der Waals surface area contributed by atoms with Gasteiger partial charge in [0, 0.05) is 0 Å². The van der Waals surface area contributed by atoms with Crippen LogP contribution in [0.5, 0.6) is 0 Å². The van der Waals surface area contributed by atoms with Crippen LogP contribution in [0.25, 0.3) is 0 Å². The van der Waals surface area contributed by atoms with E-state index in [0.717, 1.165) is 5.56 Å². The van der Waals surface area contributed by atoms with Gasteiger partial charge in [0.15, 0.2) is 0 Å². The predicted octanol–water partition coefficient (Wildman–Crippen LogP) is 2.33. The first-order chi connectivity index (χ1) is 6.14. The summed E-state index contributed by atoms with van der Waals surface area (Å²) in [6, 6.07) is 9.47. The number of aliphatic hydroxyl groups excluding tert-OH is 1. The number of ether oxygens (including phenoxy) is 1. The van der Waals surface area contributed by atoms with Crippen molar-refractivity contribution in [2.45, 2.75) is 11.1 Å². The van der Waals surface area contributed by atoms with Gasteiger partial charge in [0.25, 0.3) is 0 Å². The molecule has 72 valence electrons. The second-order valence-electron chi connectivity index (χ2n) is 2.57. The Morgan fingerprint density at radius 3 is 2.38 bits per heavy atom. The average Bonchev–Trinajstić information content (AvgIpc) is 2.17. The molecule has 0 aromatic heterocycles. The van der Waals surface area contributed by atoms with Crippen LogP contribution in [-0.4, -0.2) is 16.2 Å². The van der Waals surface area contributed by atoms with E-state index in [4.69, 9.17) is 33.0 Å². The summed E-state index contributed by atoms with van der Waals surface area (Å²) in [7, 11) is 0. The second kappa shape index (κ2) is 4.82. The van der Waals surface area contributed by atoms with Gasteiger partial charge >= 0.3 is 0 Å². The number of alkyl halides is 2. The lowest BCUT2D eigenvalue weighted by atomic mass is 10.2. The summed E-state index contributed by atoms with van der Waals surface area (Å²) in [5.74, 6) is 0. The van der Waals surface area contributed by atoms with E-state index in [0.29, 0.717) is 0 Å². The molecule has 0 unspecified atom stereocenters. The minimum absolute atomic E-state index is 0.286. The fraction of sp³-hybridized carbons (Fsp3) is 0.333. The van der Waals surface area contributed by atoms with Gasteiger partial charge in [-0.1, -0.05) is 53.5 Å². The number of benzene rings is 1. The van der Waals surface area contributed by atoms with Crippen molar-refractivity contribution in [1.29, 1.82) is 0 Å². The standard InChI is InChI=1S/C9H10Cl2O2/c10-9(11,7-12)13-6-8-4-2-1-3-5-8/h1-5,12H,6-7H2. The van der Waals surface area contributed by atoms with E-state index in [2.05, 4.69) is 0 Å². The maximum atomic E-state index is 8.68. The van der Waals surface area contributed by atoms with Gasteiger partial charge in [-0.05, 0) is 5.56 Å². The second-order valence-corrected chi connectivity index (χ2v) is 3.98. The van der Waals surface area contributed by atoms with E-state index in [9.17, 15) is 0 Å². The summed E-state index contributed by atoms with van der Waals surface area (Å²) >= 11 is 11.1. The molecule has 13 heavy (non-hydrogen) atoms. The molecule has 0 aliphatic carbocycles. The number of aliphatic hydroxyl groups is 1. The molecule has 0 heterocycles. The van der Waals surface area contributed by atoms with Crippen molar-refractivity contribution in [1.82, 2.24) is 0 Å². The first-order valence-corrected chi connectivity index (χ1v) is 4.56. The molecule has 0 radical (unpaired) electrons. The third-order valence-corrected chi connectivity index (χ3v) is 1.93. The molecule has 1 N–H and O–H groups in total. The Bertz CT molecular complexity index is 249. The Hall–Kier alpha value is -0.280. The highest BCUT2D eigenvalue weighted by Gasteiger charge is 2.22. The molecule has 0 aliphatic rings. The third-order valence-electron chi connectivity index (χ3n) is 1.48. The summed E-state index contributed by atoms with van der Waals surface area (Å²) in [4.78, 5) is 0. The maximum Gasteiger partial charge on any atom is 0.241 e. The van der Waals surface area contributed by atoms with Crippen LogP contribution in [0.1, 0.15) is 5.56 Å². The number of halogens is 2. The third kappa shape index (κ3) is 3.96. The highest BCUT2D eigenvalue weighted by atomic mass is 35.5. The molecule has 0 saturated carbocycles. The Balaban J connectivity index is 2.44. The molecule has 4 heteroatoms. The van der Waals surface area contributed by atoms with Crippen LogP contribution in [0.3, 0.4) is 0 Å². The monoisotopic (exact) mass is 220 g/mol. The first-order valence-electron chi connectivity index (χ1n) is 3.80. The molecule has 0 aliphatic heterocycles. The Morgan fingerprint density at radius 1 is 1.23 bits per heavy atom. The van der Waals surface area contributed by atoms with Crippen LogP contribution in [0.4, 0.5) is 0 Å². The Kier molecular flexibility index (Phi) is 4.00. The highest BCUT2D eigenvalue weighted by Crippen LogP contribution is 2.22. The normalized spacial score (nSPS) is 11.6. The molecule has 0 fully saturated rings. The highest BCUT2D eigenvalue weighted by molar-refractivity contribution is 6.47. The van der Waals surface area contributed by atoms with E-state index in [1.54, 1.807) is 0 Å². The molecular formula is C9H10Cl2O2. The largest absolute Gasteiger partial charge is 0.391 e. The van der Waals surface area contributed by atoms with E-state index < -0.39 is 11.1 Å². The number of hydrogen-bond acceptors (Lipinski definition) is 2. The quantitative estimate of drug-likeness (QED) is 0.790. The number of rotatable bonds is 4. The van der Waals surface area contributed by atoms with Crippen LogP contribution in [0.2, 0.25) is 0 Å². The van der Waals surface area contributed by atoms with Crippen molar-refractivity contribution >= 4 is 23.2 Å². The fourth-order valence-corrected chi connectivity index (χ4v) is 0.918. The van der Waals surface area contributed by atoms with Gasteiger partial charge in [0.1, 0.15) is 6.61 Å². The molecular weight excluding hydrogens is 211 g/mol. The van der Waals surface area contributed by atoms with E-state index in [-0.39, 0.29) is 6.61 Å². The van der Waals surface area contributed by atoms with E-state index in [1.165, 1.54) is 0 Å². The van der Waals surface area contributed by atoms with Crippen molar-refractivity contribution in [3.63, 3.8) is 0 Å². The van der Waals surface area contributed by atoms with Gasteiger partial charge in [-0.25, -0.2) is 0 Å². The average molecular weight is 221 g/mol. The van der Waals surface area contributed by atoms with E-state index in [1.807, 2.05) is 30.3 Å². The lowest BCUT2D eigenvalue weighted by molar-refractivity contribution is 0.0249. The Morgan fingerprint density at radius 2 is 1.85 bits per heavy atom. The summed E-state index contributed by atoms with van der Waals surface area (Å²) < 4.78 is 3.54. The summed E-state index contributed by atoms with van der Waals surface area (Å²) in [6.07, 6.45) is 0. The smallest absolute Gasteiger partial charge is 0.241 e. The number of hydrogen-bond donors (Lipinski definition) is 1. The zero-order valence-electron chi connectivity index (χ0n) is 6.91. The van der Waals surface area contributed by atoms with Crippen molar-refractivity contribution < 1.29 is 9.84 Å². The molecule has 1 rings (SSSR count). The summed E-state index contributed by atoms with van der Waals surface area (Å²) in [5.41, 5.74) is 0.960. The minimum Gasteiger partial charge on any atom is -0.391 e. The van der Waals surface area contributed by atoms with Gasteiger partial charge < -0.3 is 9.84 Å². The molecule has 0 bridgehead atoms. The van der Waals surface area contributed by atoms with Crippen molar-refractivity contribution in [2.75, 3.05) is 6.61 Å². The summed E-state index contributed by atoms with van der Waals surface area (Å²) in [6.45, 7) is -0.142. The molecule has 0 atom stereocenters. The van der Waals surface area contributed by atoms with Gasteiger partial charge in [0.05, 0.1) is 6.61 Å². The van der Waals surface area contributed by atoms with E-state index >= 15 is 0 Å². The summed E-state index contributed by atoms with van der Waals surface area (Å²) in [5, 5.41) is 8.68. The molecule has 0 spiro atoms. The van der Waals surface area contributed by atoms with Crippen molar-refractivity contribution in [2.24, 2.45) is 0 Å². The fourth-order valence-electron chi connectivity index (χ4n) is 0.809. The van der Waals surface area contributed by atoms with Gasteiger partial charge in [-0.3, -0.25) is 0 Å². The maximum absolute atomic E-state index is 8.68. The lowest BCUT2D eigenvalue weighted by Crippen LogP contribution is -2.22. The Labute approximate surface area is 87.0 Å². The molecule has 2 nitrogen and oxygen atoms in total. The predicted molar refractivity (Wildman–Crippen MR) is 52.8 cm³/mol. The topological polar surface area (TPSA) is 29.5 Å². The molecule has 0 saturated heterocycles. The van der Waals surface area contributed by atoms with Gasteiger partial charge in [-0.15, -0.1) is 0 Å². The molecule has 1 aromatic rings. The van der Waals surface area contributed by atoms with Crippen LogP contribution < -0.4 is 0 Å². The van der Waals surface area contributed by atoms with Crippen LogP contribution in [0, 0.1) is 0 Å². The molecule has 1 aromatic carbocycles.